The van der Waals surface area contributed by atoms with Crippen molar-refractivity contribution in [1.29, 1.82) is 0 Å². The van der Waals surface area contributed by atoms with Crippen molar-refractivity contribution in [2.75, 3.05) is 13.1 Å². The lowest BCUT2D eigenvalue weighted by Gasteiger charge is -2.33. The van der Waals surface area contributed by atoms with Crippen molar-refractivity contribution in [3.63, 3.8) is 0 Å². The Morgan fingerprint density at radius 1 is 1.11 bits per heavy atom. The van der Waals surface area contributed by atoms with Crippen LogP contribution in [0.1, 0.15) is 42.8 Å². The van der Waals surface area contributed by atoms with Crippen LogP contribution in [0.3, 0.4) is 0 Å². The third-order valence-electron chi connectivity index (χ3n) is 5.23. The van der Waals surface area contributed by atoms with Crippen molar-refractivity contribution in [3.05, 3.63) is 66.4 Å². The van der Waals surface area contributed by atoms with Gasteiger partial charge in [0, 0.05) is 62.6 Å². The second-order valence-corrected chi connectivity index (χ2v) is 7.04. The van der Waals surface area contributed by atoms with Crippen LogP contribution in [-0.4, -0.2) is 48.4 Å². The third kappa shape index (κ3) is 3.78. The molecule has 0 radical (unpaired) electrons. The zero-order chi connectivity index (χ0) is 19.3. The van der Waals surface area contributed by atoms with E-state index in [1.165, 1.54) is 0 Å². The number of nitrogens with zero attached hydrogens (tertiary/aromatic N) is 6. The van der Waals surface area contributed by atoms with Crippen LogP contribution in [0.2, 0.25) is 0 Å². The van der Waals surface area contributed by atoms with E-state index in [9.17, 15) is 4.79 Å². The van der Waals surface area contributed by atoms with E-state index in [1.54, 1.807) is 31.0 Å². The minimum Gasteiger partial charge on any atom is -0.342 e. The minimum atomic E-state index is 0.151. The summed E-state index contributed by atoms with van der Waals surface area (Å²) < 4.78 is 2.01. The van der Waals surface area contributed by atoms with Crippen LogP contribution in [0.15, 0.2) is 49.3 Å². The fourth-order valence-electron chi connectivity index (χ4n) is 3.82. The van der Waals surface area contributed by atoms with Gasteiger partial charge in [-0.3, -0.25) is 19.3 Å². The zero-order valence-corrected chi connectivity index (χ0v) is 16.0. The second kappa shape index (κ2) is 8.29. The summed E-state index contributed by atoms with van der Waals surface area (Å²) in [5.74, 6) is 2.11. The van der Waals surface area contributed by atoms with Crippen LogP contribution in [-0.2, 0) is 17.6 Å². The van der Waals surface area contributed by atoms with Gasteiger partial charge in [-0.25, -0.2) is 9.97 Å². The predicted molar refractivity (Wildman–Crippen MR) is 105 cm³/mol. The summed E-state index contributed by atoms with van der Waals surface area (Å²) in [7, 11) is 0. The number of carbonyl (C=O) groups excluding carboxylic acids is 1. The summed E-state index contributed by atoms with van der Waals surface area (Å²) in [6.07, 6.45) is 13.8. The first kappa shape index (κ1) is 18.3. The first-order chi connectivity index (χ1) is 13.8. The lowest BCUT2D eigenvalue weighted by atomic mass is 9.93. The summed E-state index contributed by atoms with van der Waals surface area (Å²) in [5, 5.41) is 0. The van der Waals surface area contributed by atoms with Crippen molar-refractivity contribution in [3.8, 4) is 5.82 Å². The van der Waals surface area contributed by atoms with E-state index in [0.29, 0.717) is 13.0 Å². The molecule has 0 unspecified atom stereocenters. The van der Waals surface area contributed by atoms with Crippen LogP contribution < -0.4 is 0 Å². The van der Waals surface area contributed by atoms with E-state index in [1.807, 2.05) is 27.8 Å². The molecule has 1 atom stereocenters. The van der Waals surface area contributed by atoms with Crippen LogP contribution in [0.4, 0.5) is 0 Å². The molecule has 7 nitrogen and oxygen atoms in total. The van der Waals surface area contributed by atoms with E-state index in [4.69, 9.17) is 0 Å². The van der Waals surface area contributed by atoms with Crippen molar-refractivity contribution < 1.29 is 4.79 Å². The molecular formula is C21H24N6O. The number of aromatic nitrogens is 5. The van der Waals surface area contributed by atoms with Gasteiger partial charge in [0.25, 0.3) is 0 Å². The maximum absolute atomic E-state index is 12.8. The Hall–Kier alpha value is -3.09. The molecule has 3 aromatic heterocycles. The van der Waals surface area contributed by atoms with Gasteiger partial charge in [0.1, 0.15) is 5.82 Å². The summed E-state index contributed by atoms with van der Waals surface area (Å²) in [6.45, 7) is 3.54. The fourth-order valence-corrected chi connectivity index (χ4v) is 3.82. The maximum atomic E-state index is 12.8. The van der Waals surface area contributed by atoms with Crippen molar-refractivity contribution >= 4 is 5.91 Å². The monoisotopic (exact) mass is 376 g/mol. The number of rotatable bonds is 5. The van der Waals surface area contributed by atoms with Crippen LogP contribution in [0.5, 0.6) is 0 Å². The largest absolute Gasteiger partial charge is 0.342 e. The van der Waals surface area contributed by atoms with Gasteiger partial charge in [0.2, 0.25) is 5.91 Å². The van der Waals surface area contributed by atoms with Gasteiger partial charge in [-0.1, -0.05) is 6.92 Å². The average molecular weight is 376 g/mol. The number of likely N-dealkylation sites (tertiary alicyclic amines) is 1. The minimum absolute atomic E-state index is 0.151. The van der Waals surface area contributed by atoms with Crippen LogP contribution in [0, 0.1) is 0 Å². The van der Waals surface area contributed by atoms with Crippen molar-refractivity contribution in [1.82, 2.24) is 29.4 Å². The molecule has 4 heterocycles. The fraction of sp³-hybridized carbons (Fsp3) is 0.381. The molecule has 0 bridgehead atoms. The number of pyridine rings is 1. The molecule has 4 rings (SSSR count). The maximum Gasteiger partial charge on any atom is 0.227 e. The normalized spacial score (nSPS) is 16.9. The van der Waals surface area contributed by atoms with Gasteiger partial charge in [-0.2, -0.15) is 0 Å². The van der Waals surface area contributed by atoms with Crippen molar-refractivity contribution in [2.45, 2.75) is 38.5 Å². The summed E-state index contributed by atoms with van der Waals surface area (Å²) in [5.41, 5.74) is 1.94. The van der Waals surface area contributed by atoms with Crippen molar-refractivity contribution in [2.24, 2.45) is 0 Å². The number of imidazole rings is 1. The SMILES string of the molecule is CCc1nccn1-c1nccnc1[C@@H]1CCCN(C(=O)Cc2ccncc2)C1. The molecule has 1 aliphatic heterocycles. The molecule has 0 saturated carbocycles. The van der Waals surface area contributed by atoms with Crippen LogP contribution >= 0.6 is 0 Å². The smallest absolute Gasteiger partial charge is 0.227 e. The molecule has 0 aromatic carbocycles. The van der Waals surface area contributed by atoms with E-state index in [2.05, 4.69) is 26.9 Å². The Kier molecular flexibility index (Phi) is 5.41. The summed E-state index contributed by atoms with van der Waals surface area (Å²) in [6, 6.07) is 3.79. The molecular weight excluding hydrogens is 352 g/mol. The van der Waals surface area contributed by atoms with Gasteiger partial charge in [0.05, 0.1) is 12.1 Å². The first-order valence-electron chi connectivity index (χ1n) is 9.76. The van der Waals surface area contributed by atoms with Gasteiger partial charge in [-0.15, -0.1) is 0 Å². The highest BCUT2D eigenvalue weighted by Crippen LogP contribution is 2.29. The molecule has 1 aliphatic rings. The molecule has 3 aromatic rings. The van der Waals surface area contributed by atoms with E-state index >= 15 is 0 Å². The van der Waals surface area contributed by atoms with Crippen LogP contribution in [0.25, 0.3) is 5.82 Å². The Morgan fingerprint density at radius 2 is 1.93 bits per heavy atom. The molecule has 1 amide bonds. The van der Waals surface area contributed by atoms with E-state index in [-0.39, 0.29) is 11.8 Å². The Morgan fingerprint density at radius 3 is 2.75 bits per heavy atom. The molecule has 1 saturated heterocycles. The first-order valence-corrected chi connectivity index (χ1v) is 9.76. The molecule has 144 valence electrons. The summed E-state index contributed by atoms with van der Waals surface area (Å²) in [4.78, 5) is 32.4. The number of hydrogen-bond acceptors (Lipinski definition) is 5. The average Bonchev–Trinajstić information content (AvgIpc) is 3.23. The van der Waals surface area contributed by atoms with E-state index in [0.717, 1.165) is 48.7 Å². The van der Waals surface area contributed by atoms with Gasteiger partial charge in [0.15, 0.2) is 5.82 Å². The van der Waals surface area contributed by atoms with Gasteiger partial charge >= 0.3 is 0 Å². The molecule has 1 fully saturated rings. The quantitative estimate of drug-likeness (QED) is 0.684. The lowest BCUT2D eigenvalue weighted by Crippen LogP contribution is -2.40. The van der Waals surface area contributed by atoms with Gasteiger partial charge < -0.3 is 4.90 Å². The second-order valence-electron chi connectivity index (χ2n) is 7.04. The molecule has 0 spiro atoms. The molecule has 0 aliphatic carbocycles. The Bertz CT molecular complexity index is 939. The third-order valence-corrected chi connectivity index (χ3v) is 5.23. The summed E-state index contributed by atoms with van der Waals surface area (Å²) >= 11 is 0. The molecule has 0 N–H and O–H groups in total. The number of carbonyl (C=O) groups is 1. The Labute approximate surface area is 164 Å². The lowest BCUT2D eigenvalue weighted by molar-refractivity contribution is -0.131. The highest BCUT2D eigenvalue weighted by atomic mass is 16.2. The standard InChI is InChI=1S/C21H24N6O/c1-2-18-23-11-13-27(18)21-20(24-9-10-25-21)17-4-3-12-26(15-17)19(28)14-16-5-7-22-8-6-16/h5-11,13,17H,2-4,12,14-15H2,1H3/t17-/m1/s1. The number of amides is 1. The van der Waals surface area contributed by atoms with Gasteiger partial charge in [-0.05, 0) is 30.5 Å². The number of hydrogen-bond donors (Lipinski definition) is 0. The van der Waals surface area contributed by atoms with E-state index < -0.39 is 0 Å². The topological polar surface area (TPSA) is 76.8 Å². The molecule has 7 heteroatoms. The predicted octanol–water partition coefficient (Wildman–Crippen LogP) is 2.57. The highest BCUT2D eigenvalue weighted by molar-refractivity contribution is 5.78. The number of aryl methyl sites for hydroxylation is 1. The Balaban J connectivity index is 1.55. The highest BCUT2D eigenvalue weighted by Gasteiger charge is 2.28. The number of piperidine rings is 1. The molecule has 28 heavy (non-hydrogen) atoms. The zero-order valence-electron chi connectivity index (χ0n) is 16.0.